The Hall–Kier alpha value is -1.79. The number of rotatable bonds is 11. The Bertz CT molecular complexity index is 1350. The molecule has 0 bridgehead atoms. The SMILES string of the molecule is CC(=O)O[C@H]1C[C@H](n2cnc3c([O-])nc(N=C([O-])C(C)C)nc32)O[C@@H]1CO[P+](O)([S-])OP(=O)(O)OP(=O)([O-])[O-]. The van der Waals surface area contributed by atoms with Gasteiger partial charge in [0.2, 0.25) is 5.95 Å². The monoisotopic (exact) mass is 631 g/mol. The quantitative estimate of drug-likeness (QED) is 0.0924. The summed E-state index contributed by atoms with van der Waals surface area (Å²) in [5.41, 5.74) is -0.239. The number of esters is 1. The van der Waals surface area contributed by atoms with E-state index >= 15 is 0 Å². The number of aromatic nitrogens is 4. The van der Waals surface area contributed by atoms with E-state index in [9.17, 15) is 43.7 Å². The van der Waals surface area contributed by atoms with Crippen LogP contribution in [0.5, 0.6) is 5.88 Å². The van der Waals surface area contributed by atoms with E-state index in [-0.39, 0.29) is 17.6 Å². The molecule has 1 aliphatic heterocycles. The lowest BCUT2D eigenvalue weighted by atomic mass is 10.2. The molecule has 19 nitrogen and oxygen atoms in total. The lowest BCUT2D eigenvalue weighted by molar-refractivity contribution is -0.334. The highest BCUT2D eigenvalue weighted by Gasteiger charge is 2.44. The molecule has 3 heterocycles. The number of hydrogen-bond acceptors (Lipinski definition) is 18. The number of ether oxygens (including phenoxy) is 2. The summed E-state index contributed by atoms with van der Waals surface area (Å²) >= 11 is 4.54. The molecule has 2 aromatic rings. The van der Waals surface area contributed by atoms with E-state index in [0.717, 1.165) is 6.92 Å². The second kappa shape index (κ2) is 12.0. The first kappa shape index (κ1) is 31.7. The molecule has 3 rings (SSSR count). The zero-order chi connectivity index (χ0) is 29.3. The van der Waals surface area contributed by atoms with Gasteiger partial charge < -0.3 is 51.2 Å². The van der Waals surface area contributed by atoms with Gasteiger partial charge in [-0.1, -0.05) is 18.2 Å². The Kier molecular flexibility index (Phi) is 9.75. The van der Waals surface area contributed by atoms with Crippen LogP contribution >= 0.6 is 22.8 Å². The molecule has 2 N–H and O–H groups in total. The highest BCUT2D eigenvalue weighted by atomic mass is 32.7. The minimum atomic E-state index is -6.00. The molecule has 1 saturated heterocycles. The number of hydrogen-bond donors (Lipinski definition) is 2. The van der Waals surface area contributed by atoms with E-state index in [1.807, 2.05) is 0 Å². The molecule has 0 aromatic carbocycles. The van der Waals surface area contributed by atoms with Crippen LogP contribution in [-0.2, 0) is 48.8 Å². The van der Waals surface area contributed by atoms with Crippen molar-refractivity contribution in [2.75, 3.05) is 6.61 Å². The van der Waals surface area contributed by atoms with Gasteiger partial charge in [0.25, 0.3) is 0 Å². The van der Waals surface area contributed by atoms with Crippen molar-refractivity contribution >= 4 is 64.0 Å². The molecule has 1 fully saturated rings. The lowest BCUT2D eigenvalue weighted by Crippen LogP contribution is -2.30. The van der Waals surface area contributed by atoms with Gasteiger partial charge in [-0.15, -0.1) is 0 Å². The van der Waals surface area contributed by atoms with Crippen molar-refractivity contribution in [2.45, 2.75) is 45.6 Å². The van der Waals surface area contributed by atoms with E-state index in [0.29, 0.717) is 0 Å². The maximum Gasteiger partial charge on any atom is 0.513 e. The first-order valence-corrected chi connectivity index (χ1v) is 16.1. The molecule has 5 atom stereocenters. The fraction of sp³-hybridized carbons (Fsp3) is 0.562. The van der Waals surface area contributed by atoms with Crippen molar-refractivity contribution in [3.05, 3.63) is 6.33 Å². The summed E-state index contributed by atoms with van der Waals surface area (Å²) in [4.78, 5) is 67.5. The Balaban J connectivity index is 1.82. The molecule has 2 unspecified atom stereocenters. The second-order valence-electron chi connectivity index (χ2n) is 8.11. The Morgan fingerprint density at radius 2 is 2.05 bits per heavy atom. The Labute approximate surface area is 225 Å². The average Bonchev–Trinajstić information content (AvgIpc) is 3.33. The van der Waals surface area contributed by atoms with Crippen LogP contribution in [0.15, 0.2) is 11.3 Å². The number of phosphoric acid groups is 2. The average molecular weight is 631 g/mol. The van der Waals surface area contributed by atoms with Crippen molar-refractivity contribution in [2.24, 2.45) is 10.9 Å². The smallest absolute Gasteiger partial charge is 0.513 e. The van der Waals surface area contributed by atoms with Crippen molar-refractivity contribution in [1.82, 2.24) is 19.5 Å². The molecule has 0 amide bonds. The first-order chi connectivity index (χ1) is 17.9. The minimum Gasteiger partial charge on any atom is -0.861 e. The number of nitrogens with zero attached hydrogens (tertiary/aromatic N) is 5. The Morgan fingerprint density at radius 3 is 2.64 bits per heavy atom. The van der Waals surface area contributed by atoms with Crippen molar-refractivity contribution in [3.8, 4) is 5.88 Å². The van der Waals surface area contributed by atoms with Crippen LogP contribution in [0.1, 0.15) is 33.4 Å². The van der Waals surface area contributed by atoms with Crippen LogP contribution in [0, 0.1) is 5.92 Å². The third-order valence-corrected chi connectivity index (χ3v) is 9.37. The molecule has 2 aromatic heterocycles. The number of carbonyl (C=O) groups excluding carboxylic acids is 1. The summed E-state index contributed by atoms with van der Waals surface area (Å²) in [6, 6.07) is 0. The second-order valence-corrected chi connectivity index (χ2v) is 13.8. The summed E-state index contributed by atoms with van der Waals surface area (Å²) in [5.74, 6) is -3.03. The topological polar surface area (TPSA) is 286 Å². The zero-order valence-corrected chi connectivity index (χ0v) is 23.6. The molecular weight excluding hydrogens is 611 g/mol. The van der Waals surface area contributed by atoms with Gasteiger partial charge in [0.1, 0.15) is 30.6 Å². The number of imidazole rings is 1. The molecule has 218 valence electrons. The van der Waals surface area contributed by atoms with E-state index < -0.39 is 77.4 Å². The van der Waals surface area contributed by atoms with Crippen molar-refractivity contribution in [3.63, 3.8) is 0 Å². The van der Waals surface area contributed by atoms with Gasteiger partial charge in [0, 0.05) is 19.2 Å². The molecular formula is C16H20N5O14P3S-4. The molecule has 23 heteroatoms. The largest absolute Gasteiger partial charge is 0.861 e. The fourth-order valence-electron chi connectivity index (χ4n) is 3.19. The lowest BCUT2D eigenvalue weighted by Gasteiger charge is -2.31. The number of fused-ring (bicyclic) bond motifs is 1. The summed E-state index contributed by atoms with van der Waals surface area (Å²) < 4.78 is 46.8. The van der Waals surface area contributed by atoms with Crippen LogP contribution in [0.25, 0.3) is 11.2 Å². The van der Waals surface area contributed by atoms with E-state index in [1.54, 1.807) is 13.8 Å². The van der Waals surface area contributed by atoms with Gasteiger partial charge in [-0.3, -0.25) is 13.7 Å². The van der Waals surface area contributed by atoms with Crippen LogP contribution < -0.4 is 20.0 Å². The number of carbonyl (C=O) groups is 1. The standard InChI is InChI=1S/C16H24N5O14P3S/c1-7(2)14(23)19-16-18-13-12(15(24)20-16)17-6-21(13)11-4-9(32-8(3)22)10(33-11)5-31-38(30,39)35-37(28,29)34-36(25,26)27/h6-7,9-11H,4-5H2,1-3H3,(H,28,29)(H,30,39)(H2,25,26,27)(H2,18,19,20,23,24)/p-4/t9-,10+,11+,38?/m0/s1. The molecule has 0 aliphatic carbocycles. The van der Waals surface area contributed by atoms with Crippen LogP contribution in [0.4, 0.5) is 5.95 Å². The van der Waals surface area contributed by atoms with Gasteiger partial charge in [-0.05, 0) is 11.8 Å². The Morgan fingerprint density at radius 1 is 1.38 bits per heavy atom. The highest BCUT2D eigenvalue weighted by Crippen LogP contribution is 2.69. The maximum atomic E-state index is 12.4. The van der Waals surface area contributed by atoms with Gasteiger partial charge >= 0.3 is 20.9 Å². The predicted molar refractivity (Wildman–Crippen MR) is 123 cm³/mol. The summed E-state index contributed by atoms with van der Waals surface area (Å²) in [7, 11) is -16.4. The van der Waals surface area contributed by atoms with Crippen LogP contribution in [0.2, 0.25) is 0 Å². The van der Waals surface area contributed by atoms with Crippen molar-refractivity contribution in [1.29, 1.82) is 0 Å². The van der Waals surface area contributed by atoms with E-state index in [1.165, 1.54) is 10.9 Å². The molecule has 0 saturated carbocycles. The third kappa shape index (κ3) is 8.85. The van der Waals surface area contributed by atoms with Gasteiger partial charge in [-0.2, -0.15) is 9.51 Å². The zero-order valence-electron chi connectivity index (χ0n) is 20.1. The maximum absolute atomic E-state index is 12.4. The van der Waals surface area contributed by atoms with Gasteiger partial charge in [0.05, 0.1) is 14.2 Å². The minimum absolute atomic E-state index is 0.0629. The molecule has 0 radical (unpaired) electrons. The fourth-order valence-corrected chi connectivity index (χ4v) is 7.10. The van der Waals surface area contributed by atoms with Gasteiger partial charge in [-0.25, -0.2) is 24.4 Å². The molecule has 0 spiro atoms. The summed E-state index contributed by atoms with van der Waals surface area (Å²) in [6.45, 7) is 3.54. The van der Waals surface area contributed by atoms with Crippen LogP contribution in [0.3, 0.4) is 0 Å². The first-order valence-electron chi connectivity index (χ1n) is 10.6. The molecule has 39 heavy (non-hydrogen) atoms. The summed E-state index contributed by atoms with van der Waals surface area (Å²) in [5, 5.41) is 24.3. The highest BCUT2D eigenvalue weighted by molar-refractivity contribution is 8.36. The summed E-state index contributed by atoms with van der Waals surface area (Å²) in [6.07, 6.45) is -2.20. The number of aliphatic imine (C=N–C) groups is 1. The normalized spacial score (nSPS) is 23.6. The van der Waals surface area contributed by atoms with Gasteiger partial charge in [0.15, 0.2) is 5.65 Å². The van der Waals surface area contributed by atoms with E-state index in [4.69, 9.17) is 14.0 Å². The van der Waals surface area contributed by atoms with E-state index in [2.05, 4.69) is 40.8 Å². The third-order valence-electron chi connectivity index (χ3n) is 4.70. The van der Waals surface area contributed by atoms with Crippen LogP contribution in [-0.4, -0.2) is 60.0 Å². The van der Waals surface area contributed by atoms with Crippen molar-refractivity contribution < 1.29 is 66.3 Å². The predicted octanol–water partition coefficient (Wildman–Crippen LogP) is -1.64. The molecule has 1 aliphatic rings.